The third-order valence-corrected chi connectivity index (χ3v) is 4.64. The third kappa shape index (κ3) is 2.41. The summed E-state index contributed by atoms with van der Waals surface area (Å²) in [6.07, 6.45) is 1.73. The molecule has 0 aliphatic carbocycles. The van der Waals surface area contributed by atoms with Crippen molar-refractivity contribution in [2.45, 2.75) is 12.2 Å². The molecule has 3 nitrogen and oxygen atoms in total. The summed E-state index contributed by atoms with van der Waals surface area (Å²) >= 11 is 1.46. The summed E-state index contributed by atoms with van der Waals surface area (Å²) in [5, 5.41) is 5.67. The maximum Gasteiger partial charge on any atom is 0.117 e. The molecule has 16 heavy (non-hydrogen) atoms. The quantitative estimate of drug-likeness (QED) is 0.911. The maximum absolute atomic E-state index is 11.2. The molecule has 1 heterocycles. The van der Waals surface area contributed by atoms with Crippen molar-refractivity contribution in [1.82, 2.24) is 4.37 Å². The van der Waals surface area contributed by atoms with Gasteiger partial charge in [-0.2, -0.15) is 4.37 Å². The Labute approximate surface area is 101 Å². The van der Waals surface area contributed by atoms with E-state index in [-0.39, 0.29) is 5.25 Å². The van der Waals surface area contributed by atoms with E-state index >= 15 is 0 Å². The molecule has 0 amide bonds. The summed E-state index contributed by atoms with van der Waals surface area (Å²) < 4.78 is 15.6. The van der Waals surface area contributed by atoms with Gasteiger partial charge < -0.3 is 5.32 Å². The molecule has 0 spiro atoms. The molecular formula is C11H14N2OS2. The fourth-order valence-electron chi connectivity index (χ4n) is 1.37. The lowest BCUT2D eigenvalue weighted by molar-refractivity contribution is 0.679. The van der Waals surface area contributed by atoms with Crippen molar-refractivity contribution >= 4 is 38.2 Å². The van der Waals surface area contributed by atoms with Crippen LogP contribution in [0.5, 0.6) is 0 Å². The van der Waals surface area contributed by atoms with Crippen LogP contribution in [0.1, 0.15) is 6.92 Å². The molecule has 0 saturated carbocycles. The van der Waals surface area contributed by atoms with Crippen LogP contribution in [0.4, 0.5) is 5.00 Å². The van der Waals surface area contributed by atoms with E-state index in [1.165, 1.54) is 11.5 Å². The van der Waals surface area contributed by atoms with Crippen LogP contribution in [0.15, 0.2) is 24.3 Å². The second-order valence-corrected chi connectivity index (χ2v) is 6.29. The molecule has 0 aliphatic heterocycles. The first kappa shape index (κ1) is 11.5. The molecule has 0 fully saturated rings. The number of benzene rings is 1. The monoisotopic (exact) mass is 254 g/mol. The van der Waals surface area contributed by atoms with Crippen molar-refractivity contribution < 1.29 is 4.21 Å². The van der Waals surface area contributed by atoms with Gasteiger partial charge in [-0.3, -0.25) is 4.21 Å². The highest BCUT2D eigenvalue weighted by atomic mass is 32.2. The van der Waals surface area contributed by atoms with Gasteiger partial charge in [0.2, 0.25) is 0 Å². The first-order chi connectivity index (χ1) is 7.68. The molecule has 2 rings (SSSR count). The Morgan fingerprint density at radius 1 is 1.50 bits per heavy atom. The largest absolute Gasteiger partial charge is 0.374 e. The number of nitrogens with zero attached hydrogens (tertiary/aromatic N) is 1. The minimum absolute atomic E-state index is 0.154. The van der Waals surface area contributed by atoms with Crippen LogP contribution in [0, 0.1) is 0 Å². The van der Waals surface area contributed by atoms with E-state index in [0.717, 1.165) is 22.4 Å². The Bertz CT molecular complexity index is 509. The fraction of sp³-hybridized carbons (Fsp3) is 0.364. The number of aromatic nitrogens is 1. The van der Waals surface area contributed by atoms with Gasteiger partial charge in [-0.05, 0) is 30.6 Å². The lowest BCUT2D eigenvalue weighted by Crippen LogP contribution is -2.20. The minimum Gasteiger partial charge on any atom is -0.374 e. The SMILES string of the molecule is CC(CNc1snc2ccccc12)S(C)=O. The smallest absolute Gasteiger partial charge is 0.117 e. The molecule has 1 aromatic carbocycles. The third-order valence-electron chi connectivity index (χ3n) is 2.50. The van der Waals surface area contributed by atoms with Crippen LogP contribution in [0.2, 0.25) is 0 Å². The Morgan fingerprint density at radius 3 is 3.00 bits per heavy atom. The van der Waals surface area contributed by atoms with Crippen molar-refractivity contribution in [3.8, 4) is 0 Å². The molecule has 1 N–H and O–H groups in total. The van der Waals surface area contributed by atoms with Crippen LogP contribution in [-0.4, -0.2) is 26.6 Å². The molecule has 0 radical (unpaired) electrons. The van der Waals surface area contributed by atoms with Gasteiger partial charge in [-0.15, -0.1) is 0 Å². The molecule has 0 saturated heterocycles. The summed E-state index contributed by atoms with van der Waals surface area (Å²) in [5.41, 5.74) is 1.01. The van der Waals surface area contributed by atoms with Gasteiger partial charge >= 0.3 is 0 Å². The van der Waals surface area contributed by atoms with Crippen LogP contribution >= 0.6 is 11.5 Å². The number of anilines is 1. The molecule has 2 aromatic rings. The molecule has 5 heteroatoms. The predicted molar refractivity (Wildman–Crippen MR) is 71.6 cm³/mol. The van der Waals surface area contributed by atoms with Crippen molar-refractivity contribution in [1.29, 1.82) is 0 Å². The zero-order valence-corrected chi connectivity index (χ0v) is 10.9. The average Bonchev–Trinajstić information content (AvgIpc) is 2.69. The number of hydrogen-bond donors (Lipinski definition) is 1. The predicted octanol–water partition coefficient (Wildman–Crippen LogP) is 2.48. The first-order valence-electron chi connectivity index (χ1n) is 5.09. The fourth-order valence-corrected chi connectivity index (χ4v) is 2.46. The second kappa shape index (κ2) is 4.93. The van der Waals surface area contributed by atoms with Gasteiger partial charge in [0.05, 0.1) is 5.52 Å². The van der Waals surface area contributed by atoms with Gasteiger partial charge in [0.25, 0.3) is 0 Å². The minimum atomic E-state index is -0.784. The number of rotatable bonds is 4. The van der Waals surface area contributed by atoms with Gasteiger partial charge in [0, 0.05) is 34.2 Å². The molecular weight excluding hydrogens is 240 g/mol. The lowest BCUT2D eigenvalue weighted by atomic mass is 10.2. The summed E-state index contributed by atoms with van der Waals surface area (Å²) in [6.45, 7) is 2.70. The van der Waals surface area contributed by atoms with Crippen molar-refractivity contribution in [2.75, 3.05) is 18.1 Å². The van der Waals surface area contributed by atoms with E-state index in [4.69, 9.17) is 0 Å². The Balaban J connectivity index is 2.13. The van der Waals surface area contributed by atoms with E-state index in [2.05, 4.69) is 15.8 Å². The summed E-state index contributed by atoms with van der Waals surface area (Å²) in [7, 11) is -0.784. The lowest BCUT2D eigenvalue weighted by Gasteiger charge is -2.09. The highest BCUT2D eigenvalue weighted by Crippen LogP contribution is 2.27. The average molecular weight is 254 g/mol. The first-order valence-corrected chi connectivity index (χ1v) is 7.48. The Hall–Kier alpha value is -0.940. The molecule has 2 unspecified atom stereocenters. The highest BCUT2D eigenvalue weighted by molar-refractivity contribution is 7.84. The maximum atomic E-state index is 11.2. The van der Waals surface area contributed by atoms with Crippen LogP contribution in [0.25, 0.3) is 10.9 Å². The summed E-state index contributed by atoms with van der Waals surface area (Å²) in [5.74, 6) is 0. The van der Waals surface area contributed by atoms with Crippen LogP contribution in [-0.2, 0) is 10.8 Å². The Morgan fingerprint density at radius 2 is 2.25 bits per heavy atom. The van der Waals surface area contributed by atoms with Gasteiger partial charge in [0.1, 0.15) is 5.00 Å². The topological polar surface area (TPSA) is 42.0 Å². The zero-order valence-electron chi connectivity index (χ0n) is 9.27. The van der Waals surface area contributed by atoms with Gasteiger partial charge in [0.15, 0.2) is 0 Å². The van der Waals surface area contributed by atoms with Crippen molar-refractivity contribution in [3.63, 3.8) is 0 Å². The number of fused-ring (bicyclic) bond motifs is 1. The highest BCUT2D eigenvalue weighted by Gasteiger charge is 2.08. The molecule has 0 aliphatic rings. The van der Waals surface area contributed by atoms with Gasteiger partial charge in [-0.1, -0.05) is 12.1 Å². The second-order valence-electron chi connectivity index (χ2n) is 3.72. The summed E-state index contributed by atoms with van der Waals surface area (Å²) in [6, 6.07) is 8.03. The van der Waals surface area contributed by atoms with E-state index in [9.17, 15) is 4.21 Å². The normalized spacial score (nSPS) is 14.9. The molecule has 2 atom stereocenters. The summed E-state index contributed by atoms with van der Waals surface area (Å²) in [4.78, 5) is 0. The van der Waals surface area contributed by atoms with E-state index in [0.29, 0.717) is 0 Å². The van der Waals surface area contributed by atoms with Crippen LogP contribution < -0.4 is 5.32 Å². The zero-order chi connectivity index (χ0) is 11.5. The van der Waals surface area contributed by atoms with Gasteiger partial charge in [-0.25, -0.2) is 0 Å². The van der Waals surface area contributed by atoms with E-state index in [1.807, 2.05) is 25.1 Å². The van der Waals surface area contributed by atoms with E-state index in [1.54, 1.807) is 6.26 Å². The number of nitrogens with one attached hydrogen (secondary N) is 1. The van der Waals surface area contributed by atoms with Crippen molar-refractivity contribution in [2.24, 2.45) is 0 Å². The number of hydrogen-bond acceptors (Lipinski definition) is 4. The van der Waals surface area contributed by atoms with E-state index < -0.39 is 10.8 Å². The molecule has 1 aromatic heterocycles. The molecule has 0 bridgehead atoms. The standard InChI is InChI=1S/C11H14N2OS2/c1-8(16(2)14)7-12-11-9-5-3-4-6-10(9)13-15-11/h3-6,8,12H,7H2,1-2H3. The Kier molecular flexibility index (Phi) is 3.56. The van der Waals surface area contributed by atoms with Crippen molar-refractivity contribution in [3.05, 3.63) is 24.3 Å². The molecule has 86 valence electrons. The van der Waals surface area contributed by atoms with Crippen LogP contribution in [0.3, 0.4) is 0 Å².